The van der Waals surface area contributed by atoms with Gasteiger partial charge in [-0.1, -0.05) is 19.9 Å². The minimum atomic E-state index is -0.805. The molecule has 0 saturated carbocycles. The lowest BCUT2D eigenvalue weighted by molar-refractivity contribution is -0.132. The maximum atomic E-state index is 10.9. The molecule has 17 heavy (non-hydrogen) atoms. The van der Waals surface area contributed by atoms with Crippen molar-refractivity contribution in [2.24, 2.45) is 0 Å². The van der Waals surface area contributed by atoms with Crippen LogP contribution in [0.15, 0.2) is 11.6 Å². The molecule has 98 valence electrons. The molecule has 0 aromatic rings. The van der Waals surface area contributed by atoms with E-state index < -0.39 is 5.97 Å². The van der Waals surface area contributed by atoms with Gasteiger partial charge in [-0.15, -0.1) is 0 Å². The van der Waals surface area contributed by atoms with Crippen molar-refractivity contribution >= 4 is 5.97 Å². The van der Waals surface area contributed by atoms with Gasteiger partial charge < -0.3 is 9.84 Å². The Balaban J connectivity index is 2.42. The van der Waals surface area contributed by atoms with Gasteiger partial charge in [0, 0.05) is 25.3 Å². The fourth-order valence-corrected chi connectivity index (χ4v) is 2.03. The predicted molar refractivity (Wildman–Crippen MR) is 67.1 cm³/mol. The van der Waals surface area contributed by atoms with Crippen molar-refractivity contribution in [2.45, 2.75) is 39.2 Å². The number of ether oxygens (including phenoxy) is 1. The Labute approximate surface area is 103 Å². The van der Waals surface area contributed by atoms with Crippen molar-refractivity contribution in [1.29, 1.82) is 0 Å². The lowest BCUT2D eigenvalue weighted by Crippen LogP contribution is -2.32. The molecule has 0 bridgehead atoms. The van der Waals surface area contributed by atoms with E-state index in [0.717, 1.165) is 32.5 Å². The minimum Gasteiger partial charge on any atom is -0.478 e. The number of carboxylic acids is 1. The van der Waals surface area contributed by atoms with Crippen molar-refractivity contribution in [3.05, 3.63) is 11.6 Å². The molecule has 0 spiro atoms. The summed E-state index contributed by atoms with van der Waals surface area (Å²) < 4.78 is 5.59. The normalized spacial score (nSPS) is 21.1. The minimum absolute atomic E-state index is 0.332. The molecule has 0 aromatic carbocycles. The summed E-state index contributed by atoms with van der Waals surface area (Å²) in [6.07, 6.45) is 5.00. The first-order valence-corrected chi connectivity index (χ1v) is 6.43. The number of aliphatic carboxylic acids is 1. The summed E-state index contributed by atoms with van der Waals surface area (Å²) >= 11 is 0. The first-order chi connectivity index (χ1) is 8.17. The fourth-order valence-electron chi connectivity index (χ4n) is 2.03. The number of rotatable bonds is 7. The van der Waals surface area contributed by atoms with Gasteiger partial charge >= 0.3 is 5.97 Å². The van der Waals surface area contributed by atoms with Gasteiger partial charge in [0.25, 0.3) is 0 Å². The number of hydrogen-bond acceptors (Lipinski definition) is 3. The smallest absolute Gasteiger partial charge is 0.331 e. The van der Waals surface area contributed by atoms with Gasteiger partial charge in [0.15, 0.2) is 0 Å². The number of hydrogen-bond donors (Lipinski definition) is 1. The highest BCUT2D eigenvalue weighted by molar-refractivity contribution is 5.86. The standard InChI is InChI=1S/C13H23NO3/c1-3-11(13(15)16)7-8-14(4-2)10-12-6-5-9-17-12/h7,12H,3-6,8-10H2,1-2H3,(H,15,16). The largest absolute Gasteiger partial charge is 0.478 e. The number of likely N-dealkylation sites (N-methyl/N-ethyl adjacent to an activating group) is 1. The molecule has 1 rings (SSSR count). The lowest BCUT2D eigenvalue weighted by atomic mass is 10.2. The second-order valence-electron chi connectivity index (χ2n) is 4.38. The highest BCUT2D eigenvalue weighted by Crippen LogP contribution is 2.13. The van der Waals surface area contributed by atoms with E-state index >= 15 is 0 Å². The summed E-state index contributed by atoms with van der Waals surface area (Å²) in [5.41, 5.74) is 0.496. The second-order valence-corrected chi connectivity index (χ2v) is 4.38. The predicted octanol–water partition coefficient (Wildman–Crippen LogP) is 1.91. The van der Waals surface area contributed by atoms with E-state index in [1.54, 1.807) is 0 Å². The van der Waals surface area contributed by atoms with Crippen molar-refractivity contribution in [3.63, 3.8) is 0 Å². The van der Waals surface area contributed by atoms with Crippen molar-refractivity contribution in [1.82, 2.24) is 4.90 Å². The summed E-state index contributed by atoms with van der Waals surface area (Å²) in [4.78, 5) is 13.1. The maximum absolute atomic E-state index is 10.9. The first-order valence-electron chi connectivity index (χ1n) is 6.43. The molecule has 0 radical (unpaired) electrons. The van der Waals surface area contributed by atoms with E-state index in [-0.39, 0.29) is 0 Å². The molecule has 1 atom stereocenters. The average Bonchev–Trinajstić information content (AvgIpc) is 2.80. The first kappa shape index (κ1) is 14.2. The summed E-state index contributed by atoms with van der Waals surface area (Å²) in [6, 6.07) is 0. The highest BCUT2D eigenvalue weighted by atomic mass is 16.5. The quantitative estimate of drug-likeness (QED) is 0.692. The third kappa shape index (κ3) is 4.88. The summed E-state index contributed by atoms with van der Waals surface area (Å²) in [6.45, 7) is 7.36. The van der Waals surface area contributed by atoms with Crippen LogP contribution in [0.2, 0.25) is 0 Å². The van der Waals surface area contributed by atoms with Gasteiger partial charge in [-0.25, -0.2) is 4.79 Å². The second kappa shape index (κ2) is 7.45. The zero-order valence-corrected chi connectivity index (χ0v) is 10.8. The van der Waals surface area contributed by atoms with Crippen LogP contribution >= 0.6 is 0 Å². The van der Waals surface area contributed by atoms with Gasteiger partial charge in [0.1, 0.15) is 0 Å². The zero-order valence-electron chi connectivity index (χ0n) is 10.8. The maximum Gasteiger partial charge on any atom is 0.331 e. The summed E-state index contributed by atoms with van der Waals surface area (Å²) in [5.74, 6) is -0.805. The molecule has 1 unspecified atom stereocenters. The van der Waals surface area contributed by atoms with Gasteiger partial charge in [0.05, 0.1) is 6.10 Å². The zero-order chi connectivity index (χ0) is 12.7. The van der Waals surface area contributed by atoms with E-state index in [9.17, 15) is 4.79 Å². The Morgan fingerprint density at radius 3 is 2.76 bits per heavy atom. The van der Waals surface area contributed by atoms with Crippen molar-refractivity contribution in [2.75, 3.05) is 26.2 Å². The van der Waals surface area contributed by atoms with Gasteiger partial charge in [-0.3, -0.25) is 4.90 Å². The van der Waals surface area contributed by atoms with Crippen LogP contribution in [-0.2, 0) is 9.53 Å². The van der Waals surface area contributed by atoms with E-state index in [1.165, 1.54) is 0 Å². The Morgan fingerprint density at radius 1 is 1.53 bits per heavy atom. The Kier molecular flexibility index (Phi) is 6.22. The topological polar surface area (TPSA) is 49.8 Å². The van der Waals surface area contributed by atoms with E-state index in [4.69, 9.17) is 9.84 Å². The molecule has 4 nitrogen and oxygen atoms in total. The molecule has 1 aliphatic rings. The summed E-state index contributed by atoms with van der Waals surface area (Å²) in [5, 5.41) is 8.93. The SMILES string of the molecule is CCC(=CCN(CC)CC1CCCO1)C(=O)O. The van der Waals surface area contributed by atoms with Crippen molar-refractivity contribution < 1.29 is 14.6 Å². The molecular weight excluding hydrogens is 218 g/mol. The number of nitrogens with zero attached hydrogens (tertiary/aromatic N) is 1. The van der Waals surface area contributed by atoms with Crippen LogP contribution in [0.5, 0.6) is 0 Å². The monoisotopic (exact) mass is 241 g/mol. The molecule has 0 amide bonds. The van der Waals surface area contributed by atoms with Gasteiger partial charge in [0.2, 0.25) is 0 Å². The Bertz CT molecular complexity index is 270. The third-order valence-corrected chi connectivity index (χ3v) is 3.18. The van der Waals surface area contributed by atoms with Crippen LogP contribution in [0.4, 0.5) is 0 Å². The molecule has 0 aliphatic carbocycles. The molecular formula is C13H23NO3. The molecule has 4 heteroatoms. The van der Waals surface area contributed by atoms with E-state index in [2.05, 4.69) is 11.8 Å². The van der Waals surface area contributed by atoms with E-state index in [1.807, 2.05) is 13.0 Å². The Morgan fingerprint density at radius 2 is 2.29 bits per heavy atom. The number of carboxylic acid groups (broad SMARTS) is 1. The average molecular weight is 241 g/mol. The van der Waals surface area contributed by atoms with Crippen LogP contribution in [0.1, 0.15) is 33.1 Å². The van der Waals surface area contributed by atoms with Crippen LogP contribution in [0, 0.1) is 0 Å². The number of carbonyl (C=O) groups is 1. The Hall–Kier alpha value is -0.870. The third-order valence-electron chi connectivity index (χ3n) is 3.18. The molecule has 0 aromatic heterocycles. The van der Waals surface area contributed by atoms with Crippen molar-refractivity contribution in [3.8, 4) is 0 Å². The molecule has 1 heterocycles. The molecule has 1 fully saturated rings. The van der Waals surface area contributed by atoms with Gasteiger partial charge in [-0.2, -0.15) is 0 Å². The highest BCUT2D eigenvalue weighted by Gasteiger charge is 2.18. The van der Waals surface area contributed by atoms with Crippen LogP contribution in [0.3, 0.4) is 0 Å². The lowest BCUT2D eigenvalue weighted by Gasteiger charge is -2.22. The van der Waals surface area contributed by atoms with Crippen LogP contribution in [0.25, 0.3) is 0 Å². The fraction of sp³-hybridized carbons (Fsp3) is 0.769. The molecule has 1 N–H and O–H groups in total. The molecule has 1 aliphatic heterocycles. The van der Waals surface area contributed by atoms with Gasteiger partial charge in [-0.05, 0) is 25.8 Å². The molecule has 1 saturated heterocycles. The van der Waals surface area contributed by atoms with Crippen LogP contribution < -0.4 is 0 Å². The van der Waals surface area contributed by atoms with Crippen LogP contribution in [-0.4, -0.2) is 48.3 Å². The summed E-state index contributed by atoms with van der Waals surface area (Å²) in [7, 11) is 0. The van der Waals surface area contributed by atoms with E-state index in [0.29, 0.717) is 24.6 Å².